The molecular formula is C9H10N2O3. The van der Waals surface area contributed by atoms with Crippen LogP contribution in [0.5, 0.6) is 0 Å². The number of aromatic nitrogens is 1. The number of hydrogen-bond acceptors (Lipinski definition) is 5. The zero-order chi connectivity index (χ0) is 10.4. The van der Waals surface area contributed by atoms with E-state index in [4.69, 9.17) is 5.11 Å². The van der Waals surface area contributed by atoms with E-state index < -0.39 is 5.97 Å². The van der Waals surface area contributed by atoms with Crippen molar-refractivity contribution >= 4 is 12.2 Å². The van der Waals surface area contributed by atoms with Gasteiger partial charge >= 0.3 is 5.97 Å². The second kappa shape index (κ2) is 5.08. The largest absolute Gasteiger partial charge is 0.392 e. The van der Waals surface area contributed by atoms with Crippen molar-refractivity contribution in [3.63, 3.8) is 0 Å². The van der Waals surface area contributed by atoms with E-state index in [1.807, 2.05) is 0 Å². The molecule has 0 aliphatic carbocycles. The predicted octanol–water partition coefficient (Wildman–Crippen LogP) is 0.471. The first-order valence-corrected chi connectivity index (χ1v) is 3.99. The van der Waals surface area contributed by atoms with Crippen LogP contribution in [0.15, 0.2) is 23.5 Å². The lowest BCUT2D eigenvalue weighted by Crippen LogP contribution is -1.97. The van der Waals surface area contributed by atoms with E-state index in [1.165, 1.54) is 13.1 Å². The van der Waals surface area contributed by atoms with Crippen LogP contribution >= 0.6 is 0 Å². The van der Waals surface area contributed by atoms with Gasteiger partial charge in [-0.05, 0) is 6.07 Å². The van der Waals surface area contributed by atoms with E-state index in [0.717, 1.165) is 0 Å². The Bertz CT molecular complexity index is 350. The van der Waals surface area contributed by atoms with Crippen LogP contribution in [0.4, 0.5) is 0 Å². The topological polar surface area (TPSA) is 71.8 Å². The molecule has 5 heteroatoms. The van der Waals surface area contributed by atoms with Crippen molar-refractivity contribution in [2.75, 3.05) is 0 Å². The lowest BCUT2D eigenvalue weighted by atomic mass is 10.2. The maximum absolute atomic E-state index is 10.4. The molecule has 1 aromatic rings. The maximum Gasteiger partial charge on any atom is 0.331 e. The van der Waals surface area contributed by atoms with Gasteiger partial charge in [-0.3, -0.25) is 4.98 Å². The molecule has 0 spiro atoms. The standard InChI is InChI=1S/C9H10N2O3/c1-7(13)14-11-5-9-8(6-12)3-2-4-10-9/h2-5,12H,6H2,1H3/b11-5+. The normalized spacial score (nSPS) is 10.4. The Morgan fingerprint density at radius 3 is 3.21 bits per heavy atom. The summed E-state index contributed by atoms with van der Waals surface area (Å²) in [5.74, 6) is -0.497. The van der Waals surface area contributed by atoms with E-state index >= 15 is 0 Å². The lowest BCUT2D eigenvalue weighted by Gasteiger charge is -1.98. The molecule has 1 aromatic heterocycles. The van der Waals surface area contributed by atoms with Gasteiger partial charge in [-0.2, -0.15) is 0 Å². The fraction of sp³-hybridized carbons (Fsp3) is 0.222. The number of oxime groups is 1. The molecule has 0 bridgehead atoms. The molecule has 0 aliphatic heterocycles. The van der Waals surface area contributed by atoms with Gasteiger partial charge in [-0.25, -0.2) is 4.79 Å². The van der Waals surface area contributed by atoms with Crippen molar-refractivity contribution in [1.29, 1.82) is 0 Å². The van der Waals surface area contributed by atoms with E-state index in [0.29, 0.717) is 11.3 Å². The summed E-state index contributed by atoms with van der Waals surface area (Å²) in [6, 6.07) is 3.41. The Hall–Kier alpha value is -1.75. The molecule has 0 aromatic carbocycles. The molecule has 0 radical (unpaired) electrons. The molecule has 1 heterocycles. The van der Waals surface area contributed by atoms with E-state index in [9.17, 15) is 4.79 Å². The molecule has 1 N–H and O–H groups in total. The quantitative estimate of drug-likeness (QED) is 0.431. The Balaban J connectivity index is 2.75. The van der Waals surface area contributed by atoms with Crippen molar-refractivity contribution in [1.82, 2.24) is 4.98 Å². The minimum Gasteiger partial charge on any atom is -0.392 e. The molecule has 1 rings (SSSR count). The zero-order valence-corrected chi connectivity index (χ0v) is 7.67. The van der Waals surface area contributed by atoms with Crippen LogP contribution in [0.3, 0.4) is 0 Å². The van der Waals surface area contributed by atoms with E-state index in [-0.39, 0.29) is 6.61 Å². The lowest BCUT2D eigenvalue weighted by molar-refractivity contribution is -0.140. The molecule has 0 saturated carbocycles. The summed E-state index contributed by atoms with van der Waals surface area (Å²) >= 11 is 0. The number of carbonyl (C=O) groups is 1. The molecule has 0 fully saturated rings. The summed E-state index contributed by atoms with van der Waals surface area (Å²) in [6.07, 6.45) is 2.85. The fourth-order valence-corrected chi connectivity index (χ4v) is 0.851. The summed E-state index contributed by atoms with van der Waals surface area (Å²) in [5, 5.41) is 12.3. The van der Waals surface area contributed by atoms with E-state index in [2.05, 4.69) is 15.0 Å². The Morgan fingerprint density at radius 1 is 1.79 bits per heavy atom. The Kier molecular flexibility index (Phi) is 3.75. The number of carbonyl (C=O) groups excluding carboxylic acids is 1. The molecule has 74 valence electrons. The highest BCUT2D eigenvalue weighted by molar-refractivity contribution is 5.79. The number of pyridine rings is 1. The number of aliphatic hydroxyl groups is 1. The van der Waals surface area contributed by atoms with E-state index in [1.54, 1.807) is 18.3 Å². The van der Waals surface area contributed by atoms with Crippen LogP contribution in [0.1, 0.15) is 18.2 Å². The first-order valence-electron chi connectivity index (χ1n) is 3.99. The average molecular weight is 194 g/mol. The predicted molar refractivity (Wildman–Crippen MR) is 49.5 cm³/mol. The molecule has 14 heavy (non-hydrogen) atoms. The van der Waals surface area contributed by atoms with Gasteiger partial charge in [0.25, 0.3) is 0 Å². The summed E-state index contributed by atoms with van der Waals surface area (Å²) in [6.45, 7) is 1.12. The molecular weight excluding hydrogens is 184 g/mol. The van der Waals surface area contributed by atoms with Crippen LogP contribution in [0.2, 0.25) is 0 Å². The van der Waals surface area contributed by atoms with Crippen LogP contribution < -0.4 is 0 Å². The highest BCUT2D eigenvalue weighted by atomic mass is 16.7. The number of hydrogen-bond donors (Lipinski definition) is 1. The summed E-state index contributed by atoms with van der Waals surface area (Å²) in [7, 11) is 0. The van der Waals surface area contributed by atoms with Gasteiger partial charge in [0.05, 0.1) is 18.5 Å². The third kappa shape index (κ3) is 2.95. The van der Waals surface area contributed by atoms with Crippen molar-refractivity contribution in [2.45, 2.75) is 13.5 Å². The highest BCUT2D eigenvalue weighted by Crippen LogP contribution is 2.02. The monoisotopic (exact) mass is 194 g/mol. The highest BCUT2D eigenvalue weighted by Gasteiger charge is 1.98. The first kappa shape index (κ1) is 10.3. The summed E-state index contributed by atoms with van der Waals surface area (Å²) in [4.78, 5) is 18.7. The molecule has 0 aliphatic rings. The fourth-order valence-electron chi connectivity index (χ4n) is 0.851. The zero-order valence-electron chi connectivity index (χ0n) is 7.67. The van der Waals surface area contributed by atoms with Gasteiger partial charge in [-0.15, -0.1) is 0 Å². The van der Waals surface area contributed by atoms with Crippen LogP contribution in [0.25, 0.3) is 0 Å². The van der Waals surface area contributed by atoms with Crippen molar-refractivity contribution in [3.05, 3.63) is 29.6 Å². The Labute approximate surface area is 81.0 Å². The molecule has 5 nitrogen and oxygen atoms in total. The maximum atomic E-state index is 10.4. The SMILES string of the molecule is CC(=O)O/N=C/c1ncccc1CO. The smallest absolute Gasteiger partial charge is 0.331 e. The summed E-state index contributed by atoms with van der Waals surface area (Å²) < 4.78 is 0. The molecule has 0 saturated heterocycles. The molecule has 0 unspecified atom stereocenters. The minimum absolute atomic E-state index is 0.130. The Morgan fingerprint density at radius 2 is 2.57 bits per heavy atom. The van der Waals surface area contributed by atoms with Crippen molar-refractivity contribution < 1.29 is 14.7 Å². The van der Waals surface area contributed by atoms with Gasteiger partial charge in [0.15, 0.2) is 0 Å². The van der Waals surface area contributed by atoms with Gasteiger partial charge in [0.1, 0.15) is 0 Å². The van der Waals surface area contributed by atoms with Gasteiger partial charge < -0.3 is 9.94 Å². The third-order valence-corrected chi connectivity index (χ3v) is 1.45. The third-order valence-electron chi connectivity index (χ3n) is 1.45. The van der Waals surface area contributed by atoms with Crippen LogP contribution in [0, 0.1) is 0 Å². The molecule has 0 amide bonds. The van der Waals surface area contributed by atoms with Crippen molar-refractivity contribution in [3.8, 4) is 0 Å². The minimum atomic E-state index is -0.497. The van der Waals surface area contributed by atoms with Crippen LogP contribution in [-0.2, 0) is 16.2 Å². The second-order valence-electron chi connectivity index (χ2n) is 2.52. The van der Waals surface area contributed by atoms with Gasteiger partial charge in [0, 0.05) is 18.7 Å². The number of aliphatic hydroxyl groups excluding tert-OH is 1. The van der Waals surface area contributed by atoms with Gasteiger partial charge in [-0.1, -0.05) is 11.2 Å². The number of rotatable bonds is 3. The second-order valence-corrected chi connectivity index (χ2v) is 2.52. The first-order chi connectivity index (χ1) is 6.74. The molecule has 0 atom stereocenters. The van der Waals surface area contributed by atoms with Crippen molar-refractivity contribution in [2.24, 2.45) is 5.16 Å². The number of nitrogens with zero attached hydrogens (tertiary/aromatic N) is 2. The summed E-state index contributed by atoms with van der Waals surface area (Å²) in [5.41, 5.74) is 1.11. The average Bonchev–Trinajstić information content (AvgIpc) is 2.18. The van der Waals surface area contributed by atoms with Gasteiger partial charge in [0.2, 0.25) is 0 Å². The van der Waals surface area contributed by atoms with Crippen LogP contribution in [-0.4, -0.2) is 22.3 Å².